The highest BCUT2D eigenvalue weighted by atomic mass is 31.2. The minimum absolute atomic E-state index is 0.870. The average Bonchev–Trinajstić information content (AvgIpc) is 3.75. The highest BCUT2D eigenvalue weighted by Gasteiger charge is 2.42. The lowest BCUT2D eigenvalue weighted by molar-refractivity contribution is 0.593. The van der Waals surface area contributed by atoms with Crippen molar-refractivity contribution in [2.24, 2.45) is 0 Å². The molecule has 0 bridgehead atoms. The Kier molecular flexibility index (Phi) is 5.27. The summed E-state index contributed by atoms with van der Waals surface area (Å²) in [6, 6.07) is 54.4. The van der Waals surface area contributed by atoms with Gasteiger partial charge < -0.3 is 13.5 Å². The van der Waals surface area contributed by atoms with Gasteiger partial charge in [-0.3, -0.25) is 0 Å². The van der Waals surface area contributed by atoms with E-state index in [1.165, 1.54) is 0 Å². The van der Waals surface area contributed by atoms with Gasteiger partial charge in [0.25, 0.3) is 0 Å². The number of furan rings is 1. The zero-order chi connectivity index (χ0) is 30.4. The van der Waals surface area contributed by atoms with Crippen molar-refractivity contribution in [2.75, 3.05) is 0 Å². The Hall–Kier alpha value is -5.63. The quantitative estimate of drug-likeness (QED) is 0.187. The van der Waals surface area contributed by atoms with E-state index in [2.05, 4.69) is 108 Å². The SMILES string of the molecule is O=P1(c2ccccc2)c2ccccc2-c2ccc3c(c21)c1ccccc1n3-c1ccc(-c2cccc3c2oc2ccccc23)cc1. The second-order valence-corrected chi connectivity index (χ2v) is 14.7. The van der Waals surface area contributed by atoms with E-state index in [1.807, 2.05) is 54.6 Å². The van der Waals surface area contributed by atoms with Crippen molar-refractivity contribution in [3.05, 3.63) is 158 Å². The molecule has 1 aliphatic heterocycles. The molecule has 0 aliphatic carbocycles. The van der Waals surface area contributed by atoms with Crippen molar-refractivity contribution >= 4 is 66.8 Å². The standard InChI is InChI=1S/C42H26NO2P/c44-46(29-11-2-1-3-12-29)39-20-9-6-14-32(39)34-25-26-37-40(42(34)46)35-15-4-7-18-36(35)43(37)28-23-21-27(22-24-28)30-16-10-17-33-31-13-5-8-19-38(31)45-41(30)33/h1-26H. The topological polar surface area (TPSA) is 35.1 Å². The van der Waals surface area contributed by atoms with Gasteiger partial charge in [0.05, 0.1) is 11.0 Å². The molecule has 1 atom stereocenters. The van der Waals surface area contributed by atoms with E-state index in [4.69, 9.17) is 4.42 Å². The van der Waals surface area contributed by atoms with Crippen LogP contribution in [0.4, 0.5) is 0 Å². The van der Waals surface area contributed by atoms with Crippen LogP contribution in [0.2, 0.25) is 0 Å². The first-order valence-electron chi connectivity index (χ1n) is 15.6. The fourth-order valence-corrected chi connectivity index (χ4v) is 10.9. The second kappa shape index (κ2) is 9.44. The van der Waals surface area contributed by atoms with Gasteiger partial charge in [-0.15, -0.1) is 0 Å². The molecule has 0 radical (unpaired) electrons. The predicted octanol–water partition coefficient (Wildman–Crippen LogP) is 9.97. The lowest BCUT2D eigenvalue weighted by Crippen LogP contribution is -2.21. The number of fused-ring (bicyclic) bond motifs is 10. The maximum absolute atomic E-state index is 15.6. The van der Waals surface area contributed by atoms with Crippen LogP contribution in [-0.4, -0.2) is 4.57 Å². The smallest absolute Gasteiger partial charge is 0.172 e. The molecule has 1 aliphatic rings. The van der Waals surface area contributed by atoms with E-state index < -0.39 is 7.14 Å². The van der Waals surface area contributed by atoms with E-state index in [0.717, 1.165) is 87.6 Å². The summed E-state index contributed by atoms with van der Waals surface area (Å²) < 4.78 is 24.3. The Morgan fingerprint density at radius 1 is 0.500 bits per heavy atom. The summed E-state index contributed by atoms with van der Waals surface area (Å²) in [5.41, 5.74) is 9.29. The van der Waals surface area contributed by atoms with Gasteiger partial charge in [0.2, 0.25) is 0 Å². The number of aromatic nitrogens is 1. The van der Waals surface area contributed by atoms with Crippen molar-refractivity contribution in [2.45, 2.75) is 0 Å². The summed E-state index contributed by atoms with van der Waals surface area (Å²) in [5, 5.41) is 7.16. The molecule has 7 aromatic carbocycles. The van der Waals surface area contributed by atoms with E-state index in [9.17, 15) is 0 Å². The van der Waals surface area contributed by atoms with Crippen molar-refractivity contribution in [3.63, 3.8) is 0 Å². The van der Waals surface area contributed by atoms with Crippen LogP contribution in [0.1, 0.15) is 0 Å². The Bertz CT molecular complexity index is 2720. The van der Waals surface area contributed by atoms with E-state index >= 15 is 4.57 Å². The lowest BCUT2D eigenvalue weighted by atomic mass is 10.0. The van der Waals surface area contributed by atoms with Crippen LogP contribution < -0.4 is 15.9 Å². The van der Waals surface area contributed by atoms with Crippen LogP contribution in [-0.2, 0) is 4.57 Å². The lowest BCUT2D eigenvalue weighted by Gasteiger charge is -2.17. The molecule has 46 heavy (non-hydrogen) atoms. The van der Waals surface area contributed by atoms with E-state index in [0.29, 0.717) is 0 Å². The highest BCUT2D eigenvalue weighted by molar-refractivity contribution is 7.86. The molecular weight excluding hydrogens is 581 g/mol. The zero-order valence-corrected chi connectivity index (χ0v) is 25.6. The Labute approximate surface area is 265 Å². The van der Waals surface area contributed by atoms with E-state index in [-0.39, 0.29) is 0 Å². The second-order valence-electron chi connectivity index (χ2n) is 12.0. The van der Waals surface area contributed by atoms with Crippen molar-refractivity contribution < 1.29 is 8.98 Å². The molecule has 3 heterocycles. The zero-order valence-electron chi connectivity index (χ0n) is 24.7. The number of hydrogen-bond acceptors (Lipinski definition) is 2. The molecule has 3 nitrogen and oxygen atoms in total. The molecule has 0 N–H and O–H groups in total. The summed E-state index contributed by atoms with van der Waals surface area (Å²) >= 11 is 0. The van der Waals surface area contributed by atoms with Gasteiger partial charge in [0.15, 0.2) is 7.14 Å². The maximum atomic E-state index is 15.6. The van der Waals surface area contributed by atoms with Crippen LogP contribution in [0.15, 0.2) is 162 Å². The molecular formula is C42H26NO2P. The molecule has 10 rings (SSSR count). The number of benzene rings is 7. The molecule has 0 saturated heterocycles. The Morgan fingerprint density at radius 3 is 2.07 bits per heavy atom. The summed E-state index contributed by atoms with van der Waals surface area (Å²) in [7, 11) is -3.14. The van der Waals surface area contributed by atoms with E-state index in [1.54, 1.807) is 0 Å². The highest BCUT2D eigenvalue weighted by Crippen LogP contribution is 2.55. The third kappa shape index (κ3) is 3.36. The molecule has 9 aromatic rings. The molecule has 1 unspecified atom stereocenters. The number of nitrogens with zero attached hydrogens (tertiary/aromatic N) is 1. The molecule has 216 valence electrons. The van der Waals surface area contributed by atoms with Crippen molar-refractivity contribution in [3.8, 4) is 27.9 Å². The van der Waals surface area contributed by atoms with Gasteiger partial charge in [-0.2, -0.15) is 0 Å². The van der Waals surface area contributed by atoms with Crippen LogP contribution >= 0.6 is 7.14 Å². The Balaban J connectivity index is 1.21. The fraction of sp³-hybridized carbons (Fsp3) is 0. The minimum Gasteiger partial charge on any atom is -0.455 e. The number of hydrogen-bond donors (Lipinski definition) is 0. The van der Waals surface area contributed by atoms with Gasteiger partial charge >= 0.3 is 0 Å². The van der Waals surface area contributed by atoms with Crippen molar-refractivity contribution in [1.82, 2.24) is 4.57 Å². The first-order valence-corrected chi connectivity index (χ1v) is 17.3. The van der Waals surface area contributed by atoms with Crippen LogP contribution in [0.3, 0.4) is 0 Å². The molecule has 2 aromatic heterocycles. The molecule has 0 amide bonds. The molecule has 0 saturated carbocycles. The number of para-hydroxylation sites is 3. The van der Waals surface area contributed by atoms with Gasteiger partial charge in [0, 0.05) is 48.7 Å². The maximum Gasteiger partial charge on any atom is 0.172 e. The first-order chi connectivity index (χ1) is 22.7. The fourth-order valence-electron chi connectivity index (χ4n) is 7.63. The molecule has 0 spiro atoms. The van der Waals surface area contributed by atoms with Crippen LogP contribution in [0.5, 0.6) is 0 Å². The normalized spacial score (nSPS) is 15.6. The third-order valence-electron chi connectivity index (χ3n) is 9.62. The first kappa shape index (κ1) is 25.7. The summed E-state index contributed by atoms with van der Waals surface area (Å²) in [5.74, 6) is 0. The molecule has 4 heteroatoms. The van der Waals surface area contributed by atoms with Crippen LogP contribution in [0.25, 0.3) is 71.7 Å². The molecule has 0 fully saturated rings. The summed E-state index contributed by atoms with van der Waals surface area (Å²) in [6.07, 6.45) is 0. The summed E-state index contributed by atoms with van der Waals surface area (Å²) in [6.45, 7) is 0. The monoisotopic (exact) mass is 607 g/mol. The van der Waals surface area contributed by atoms with Crippen molar-refractivity contribution in [1.29, 1.82) is 0 Å². The minimum atomic E-state index is -3.14. The Morgan fingerprint density at radius 2 is 1.20 bits per heavy atom. The predicted molar refractivity (Wildman–Crippen MR) is 192 cm³/mol. The largest absolute Gasteiger partial charge is 0.455 e. The van der Waals surface area contributed by atoms with Crippen LogP contribution in [0, 0.1) is 0 Å². The van der Waals surface area contributed by atoms with Gasteiger partial charge in [-0.05, 0) is 47.0 Å². The van der Waals surface area contributed by atoms with Gasteiger partial charge in [-0.25, -0.2) is 0 Å². The number of rotatable bonds is 3. The summed E-state index contributed by atoms with van der Waals surface area (Å²) in [4.78, 5) is 0. The average molecular weight is 608 g/mol. The van der Waals surface area contributed by atoms with Gasteiger partial charge in [-0.1, -0.05) is 127 Å². The third-order valence-corrected chi connectivity index (χ3v) is 12.8. The van der Waals surface area contributed by atoms with Gasteiger partial charge in [0.1, 0.15) is 11.2 Å².